The zero-order valence-corrected chi connectivity index (χ0v) is 12.1. The highest BCUT2D eigenvalue weighted by molar-refractivity contribution is 5.69. The van der Waals surface area contributed by atoms with Crippen LogP contribution in [0.1, 0.15) is 19.3 Å². The van der Waals surface area contributed by atoms with Gasteiger partial charge >= 0.3 is 6.09 Å². The van der Waals surface area contributed by atoms with Gasteiger partial charge in [0.1, 0.15) is 5.60 Å². The summed E-state index contributed by atoms with van der Waals surface area (Å²) in [6.45, 7) is 8.00. The molecule has 0 bridgehead atoms. The van der Waals surface area contributed by atoms with Crippen molar-refractivity contribution in [3.05, 3.63) is 0 Å². The number of rotatable bonds is 3. The standard InChI is InChI=1S/C14H25N3O3/c18-13-17(8-7-16-9-11-19-12-10-16)6-3-14(20-13)1-4-15-5-2-14/h15H,1-12H2. The lowest BCUT2D eigenvalue weighted by atomic mass is 9.87. The van der Waals surface area contributed by atoms with Crippen LogP contribution >= 0.6 is 0 Å². The fourth-order valence-electron chi connectivity index (χ4n) is 3.26. The molecule has 3 saturated heterocycles. The highest BCUT2D eigenvalue weighted by Gasteiger charge is 2.41. The van der Waals surface area contributed by atoms with Crippen molar-refractivity contribution in [3.63, 3.8) is 0 Å². The molecule has 0 radical (unpaired) electrons. The van der Waals surface area contributed by atoms with E-state index in [1.54, 1.807) is 0 Å². The van der Waals surface area contributed by atoms with E-state index in [9.17, 15) is 4.79 Å². The minimum absolute atomic E-state index is 0.119. The SMILES string of the molecule is O=C1OC2(CCNCC2)CCN1CCN1CCOCC1. The van der Waals surface area contributed by atoms with E-state index in [0.29, 0.717) is 0 Å². The summed E-state index contributed by atoms with van der Waals surface area (Å²) < 4.78 is 11.1. The second-order valence-corrected chi connectivity index (χ2v) is 5.99. The van der Waals surface area contributed by atoms with Gasteiger partial charge in [0.05, 0.1) is 13.2 Å². The molecule has 0 unspecified atom stereocenters. The molecule has 3 aliphatic rings. The normalized spacial score (nSPS) is 27.6. The number of morpholine rings is 1. The smallest absolute Gasteiger partial charge is 0.410 e. The lowest BCUT2D eigenvalue weighted by molar-refractivity contribution is -0.0665. The molecule has 0 saturated carbocycles. The first-order valence-corrected chi connectivity index (χ1v) is 7.76. The second kappa shape index (κ2) is 6.28. The fraction of sp³-hybridized carbons (Fsp3) is 0.929. The van der Waals surface area contributed by atoms with Crippen molar-refractivity contribution in [1.29, 1.82) is 0 Å². The van der Waals surface area contributed by atoms with Crippen LogP contribution in [0.2, 0.25) is 0 Å². The number of hydrogen-bond donors (Lipinski definition) is 1. The molecule has 20 heavy (non-hydrogen) atoms. The minimum atomic E-state index is -0.183. The Morgan fingerprint density at radius 3 is 2.50 bits per heavy atom. The minimum Gasteiger partial charge on any atom is -0.443 e. The Morgan fingerprint density at radius 1 is 1.05 bits per heavy atom. The van der Waals surface area contributed by atoms with Gasteiger partial charge in [-0.2, -0.15) is 0 Å². The van der Waals surface area contributed by atoms with Gasteiger partial charge in [-0.3, -0.25) is 4.90 Å². The third-order valence-electron chi connectivity index (χ3n) is 4.70. The molecular formula is C14H25N3O3. The number of carbonyl (C=O) groups is 1. The molecular weight excluding hydrogens is 258 g/mol. The maximum absolute atomic E-state index is 12.2. The van der Waals surface area contributed by atoms with Crippen LogP contribution in [0.25, 0.3) is 0 Å². The van der Waals surface area contributed by atoms with E-state index in [2.05, 4.69) is 10.2 Å². The predicted octanol–water partition coefficient (Wildman–Crippen LogP) is 0.283. The van der Waals surface area contributed by atoms with E-state index in [1.165, 1.54) is 0 Å². The number of ether oxygens (including phenoxy) is 2. The molecule has 0 aliphatic carbocycles. The highest BCUT2D eigenvalue weighted by atomic mass is 16.6. The molecule has 1 spiro atoms. The Kier molecular flexibility index (Phi) is 4.43. The monoisotopic (exact) mass is 283 g/mol. The van der Waals surface area contributed by atoms with Gasteiger partial charge in [0.25, 0.3) is 0 Å². The van der Waals surface area contributed by atoms with Gasteiger partial charge < -0.3 is 19.7 Å². The van der Waals surface area contributed by atoms with Crippen LogP contribution in [0, 0.1) is 0 Å². The first-order valence-electron chi connectivity index (χ1n) is 7.76. The number of piperidine rings is 1. The number of nitrogens with one attached hydrogen (secondary N) is 1. The zero-order valence-electron chi connectivity index (χ0n) is 12.1. The van der Waals surface area contributed by atoms with Gasteiger partial charge in [-0.05, 0) is 25.9 Å². The van der Waals surface area contributed by atoms with Gasteiger partial charge in [0, 0.05) is 39.1 Å². The first-order chi connectivity index (χ1) is 9.77. The van der Waals surface area contributed by atoms with Crippen molar-refractivity contribution in [1.82, 2.24) is 15.1 Å². The van der Waals surface area contributed by atoms with Crippen LogP contribution < -0.4 is 5.32 Å². The molecule has 0 aromatic carbocycles. The summed E-state index contributed by atoms with van der Waals surface area (Å²) in [6, 6.07) is 0. The number of hydrogen-bond acceptors (Lipinski definition) is 5. The lowest BCUT2D eigenvalue weighted by Gasteiger charge is -2.43. The molecule has 6 nitrogen and oxygen atoms in total. The van der Waals surface area contributed by atoms with Gasteiger partial charge in [-0.25, -0.2) is 4.79 Å². The van der Waals surface area contributed by atoms with Crippen LogP contribution in [-0.4, -0.2) is 80.5 Å². The number of nitrogens with zero attached hydrogens (tertiary/aromatic N) is 2. The Morgan fingerprint density at radius 2 is 1.80 bits per heavy atom. The van der Waals surface area contributed by atoms with E-state index in [4.69, 9.17) is 9.47 Å². The maximum Gasteiger partial charge on any atom is 0.410 e. The van der Waals surface area contributed by atoms with E-state index >= 15 is 0 Å². The summed E-state index contributed by atoms with van der Waals surface area (Å²) in [5.41, 5.74) is -0.183. The lowest BCUT2D eigenvalue weighted by Crippen LogP contribution is -2.55. The van der Waals surface area contributed by atoms with Crippen LogP contribution in [0.5, 0.6) is 0 Å². The van der Waals surface area contributed by atoms with E-state index in [1.807, 2.05) is 4.90 Å². The first kappa shape index (κ1) is 14.1. The topological polar surface area (TPSA) is 54.0 Å². The fourth-order valence-corrected chi connectivity index (χ4v) is 3.26. The summed E-state index contributed by atoms with van der Waals surface area (Å²) in [7, 11) is 0. The zero-order chi connectivity index (χ0) is 13.8. The van der Waals surface area contributed by atoms with E-state index in [-0.39, 0.29) is 11.7 Å². The maximum atomic E-state index is 12.2. The summed E-state index contributed by atoms with van der Waals surface area (Å²) >= 11 is 0. The van der Waals surface area contributed by atoms with Crippen LogP contribution in [-0.2, 0) is 9.47 Å². The Balaban J connectivity index is 1.46. The largest absolute Gasteiger partial charge is 0.443 e. The van der Waals surface area contributed by atoms with Gasteiger partial charge in [0.15, 0.2) is 0 Å². The Labute approximate surface area is 120 Å². The van der Waals surface area contributed by atoms with Crippen molar-refractivity contribution in [2.75, 3.05) is 59.0 Å². The molecule has 3 fully saturated rings. The predicted molar refractivity (Wildman–Crippen MR) is 74.8 cm³/mol. The average Bonchev–Trinajstić information content (AvgIpc) is 2.48. The quantitative estimate of drug-likeness (QED) is 0.806. The molecule has 3 rings (SSSR count). The summed E-state index contributed by atoms with van der Waals surface area (Å²) in [5.74, 6) is 0. The third-order valence-corrected chi connectivity index (χ3v) is 4.70. The molecule has 0 aromatic heterocycles. The van der Waals surface area contributed by atoms with Crippen molar-refractivity contribution in [2.45, 2.75) is 24.9 Å². The summed E-state index contributed by atoms with van der Waals surface area (Å²) in [5, 5.41) is 3.33. The summed E-state index contributed by atoms with van der Waals surface area (Å²) in [6.07, 6.45) is 2.77. The van der Waals surface area contributed by atoms with Crippen molar-refractivity contribution >= 4 is 6.09 Å². The molecule has 1 N–H and O–H groups in total. The van der Waals surface area contributed by atoms with Crippen molar-refractivity contribution < 1.29 is 14.3 Å². The molecule has 1 amide bonds. The van der Waals surface area contributed by atoms with Gasteiger partial charge in [-0.1, -0.05) is 0 Å². The third kappa shape index (κ3) is 3.24. The van der Waals surface area contributed by atoms with E-state index < -0.39 is 0 Å². The second-order valence-electron chi connectivity index (χ2n) is 5.99. The highest BCUT2D eigenvalue weighted by Crippen LogP contribution is 2.31. The number of amides is 1. The number of carbonyl (C=O) groups excluding carboxylic acids is 1. The molecule has 6 heteroatoms. The van der Waals surface area contributed by atoms with Gasteiger partial charge in [0.2, 0.25) is 0 Å². The van der Waals surface area contributed by atoms with Crippen LogP contribution in [0.15, 0.2) is 0 Å². The molecule has 3 aliphatic heterocycles. The molecule has 0 aromatic rings. The van der Waals surface area contributed by atoms with E-state index in [0.717, 1.165) is 78.3 Å². The van der Waals surface area contributed by atoms with Gasteiger partial charge in [-0.15, -0.1) is 0 Å². The molecule has 114 valence electrons. The Bertz CT molecular complexity index is 337. The van der Waals surface area contributed by atoms with Crippen LogP contribution in [0.3, 0.4) is 0 Å². The molecule has 3 heterocycles. The van der Waals surface area contributed by atoms with Crippen LogP contribution in [0.4, 0.5) is 4.79 Å². The van der Waals surface area contributed by atoms with Crippen molar-refractivity contribution in [3.8, 4) is 0 Å². The van der Waals surface area contributed by atoms with Crippen molar-refractivity contribution in [2.24, 2.45) is 0 Å². The Hall–Kier alpha value is -0.850. The average molecular weight is 283 g/mol. The molecule has 0 atom stereocenters. The summed E-state index contributed by atoms with van der Waals surface area (Å²) in [4.78, 5) is 16.4.